The summed E-state index contributed by atoms with van der Waals surface area (Å²) in [5, 5.41) is 12.1. The number of nitrogens with zero attached hydrogens (tertiary/aromatic N) is 4. The van der Waals surface area contributed by atoms with Crippen LogP contribution in [0, 0.1) is 0 Å². The summed E-state index contributed by atoms with van der Waals surface area (Å²) in [6.07, 6.45) is 0. The molecule has 0 spiro atoms. The Kier molecular flexibility index (Phi) is 5.44. The number of fused-ring (bicyclic) bond motifs is 3. The van der Waals surface area contributed by atoms with Crippen LogP contribution in [-0.2, 0) is 15.3 Å². The Morgan fingerprint density at radius 2 is 1.60 bits per heavy atom. The fraction of sp³-hybridized carbons (Fsp3) is 0.192. The minimum absolute atomic E-state index is 0.0928. The standard InChI is InChI=1S/C26H25N5O3S/c1-26(2,3)17-13-15-18(16-14-17)35(32,33)25-24-28-23(27-20-10-6-8-12-22(20)34-4)19-9-5-7-11-21(19)31(24)30-29-25/h5-16H,1-4H3,(H,27,28). The number of nitrogens with one attached hydrogen (secondary N) is 1. The molecule has 0 saturated heterocycles. The molecule has 35 heavy (non-hydrogen) atoms. The van der Waals surface area contributed by atoms with Crippen LogP contribution in [0.25, 0.3) is 16.6 Å². The summed E-state index contributed by atoms with van der Waals surface area (Å²) in [5.74, 6) is 1.11. The van der Waals surface area contributed by atoms with E-state index in [2.05, 4.69) is 41.4 Å². The van der Waals surface area contributed by atoms with Gasteiger partial charge in [0.2, 0.25) is 14.9 Å². The van der Waals surface area contributed by atoms with E-state index in [0.29, 0.717) is 22.8 Å². The highest BCUT2D eigenvalue weighted by Crippen LogP contribution is 2.33. The van der Waals surface area contributed by atoms with Crippen molar-refractivity contribution in [1.29, 1.82) is 0 Å². The Bertz CT molecular complexity index is 1650. The van der Waals surface area contributed by atoms with Crippen LogP contribution in [-0.4, -0.2) is 35.3 Å². The van der Waals surface area contributed by atoms with Crippen molar-refractivity contribution in [2.24, 2.45) is 0 Å². The second-order valence-electron chi connectivity index (χ2n) is 9.21. The summed E-state index contributed by atoms with van der Waals surface area (Å²) in [5.41, 5.74) is 2.46. The lowest BCUT2D eigenvalue weighted by Crippen LogP contribution is -2.11. The van der Waals surface area contributed by atoms with Crippen LogP contribution in [0.5, 0.6) is 5.75 Å². The third-order valence-corrected chi connectivity index (χ3v) is 7.53. The van der Waals surface area contributed by atoms with Crippen LogP contribution in [0.1, 0.15) is 26.3 Å². The van der Waals surface area contributed by atoms with E-state index in [9.17, 15) is 8.42 Å². The molecule has 3 aromatic carbocycles. The number of hydrogen-bond donors (Lipinski definition) is 1. The number of aromatic nitrogens is 4. The van der Waals surface area contributed by atoms with E-state index in [1.165, 1.54) is 4.52 Å². The molecule has 178 valence electrons. The summed E-state index contributed by atoms with van der Waals surface area (Å²) < 4.78 is 34.1. The van der Waals surface area contributed by atoms with Gasteiger partial charge in [-0.05, 0) is 47.4 Å². The Morgan fingerprint density at radius 3 is 2.31 bits per heavy atom. The first-order chi connectivity index (χ1) is 16.7. The first-order valence-corrected chi connectivity index (χ1v) is 12.6. The van der Waals surface area contributed by atoms with E-state index in [0.717, 1.165) is 10.9 Å². The SMILES string of the molecule is COc1ccccc1Nc1nc2c(S(=O)(=O)c3ccc(C(C)(C)C)cc3)nnn2c2ccccc12. The zero-order valence-electron chi connectivity index (χ0n) is 19.9. The molecule has 1 N–H and O–H groups in total. The second kappa shape index (κ2) is 8.35. The Hall–Kier alpha value is -3.98. The third-order valence-electron chi connectivity index (χ3n) is 5.87. The monoisotopic (exact) mass is 487 g/mol. The van der Waals surface area contributed by atoms with E-state index in [1.807, 2.05) is 60.7 Å². The maximum absolute atomic E-state index is 13.6. The maximum Gasteiger partial charge on any atom is 0.229 e. The van der Waals surface area contributed by atoms with Crippen molar-refractivity contribution in [3.63, 3.8) is 0 Å². The smallest absolute Gasteiger partial charge is 0.229 e. The van der Waals surface area contributed by atoms with Gasteiger partial charge in [0, 0.05) is 5.39 Å². The highest BCUT2D eigenvalue weighted by Gasteiger charge is 2.28. The molecule has 5 aromatic rings. The van der Waals surface area contributed by atoms with Gasteiger partial charge in [-0.2, -0.15) is 4.52 Å². The molecular formula is C26H25N5O3S. The lowest BCUT2D eigenvalue weighted by atomic mass is 9.87. The molecule has 9 heteroatoms. The van der Waals surface area contributed by atoms with Gasteiger partial charge in [-0.15, -0.1) is 5.10 Å². The molecule has 8 nitrogen and oxygen atoms in total. The number of sulfone groups is 1. The predicted octanol–water partition coefficient (Wildman–Crippen LogP) is 5.16. The van der Waals surface area contributed by atoms with E-state index in [4.69, 9.17) is 4.74 Å². The minimum atomic E-state index is -3.96. The van der Waals surface area contributed by atoms with Crippen LogP contribution in [0.3, 0.4) is 0 Å². The second-order valence-corrected chi connectivity index (χ2v) is 11.1. The summed E-state index contributed by atoms with van der Waals surface area (Å²) >= 11 is 0. The van der Waals surface area contributed by atoms with Gasteiger partial charge in [-0.25, -0.2) is 13.4 Å². The molecule has 0 aliphatic rings. The number of benzene rings is 3. The molecule has 0 saturated carbocycles. The van der Waals surface area contributed by atoms with Crippen molar-refractivity contribution in [3.8, 4) is 5.75 Å². The normalized spacial score (nSPS) is 12.2. The van der Waals surface area contributed by atoms with Crippen LogP contribution in [0.4, 0.5) is 11.5 Å². The molecule has 5 rings (SSSR count). The molecule has 0 unspecified atom stereocenters. The largest absolute Gasteiger partial charge is 0.495 e. The van der Waals surface area contributed by atoms with E-state index < -0.39 is 9.84 Å². The fourth-order valence-corrected chi connectivity index (χ4v) is 5.17. The van der Waals surface area contributed by atoms with Gasteiger partial charge >= 0.3 is 0 Å². The molecule has 0 amide bonds. The average molecular weight is 488 g/mol. The molecule has 0 atom stereocenters. The van der Waals surface area contributed by atoms with E-state index in [1.54, 1.807) is 19.2 Å². The Morgan fingerprint density at radius 1 is 0.914 bits per heavy atom. The van der Waals surface area contributed by atoms with Crippen LogP contribution in [0.15, 0.2) is 82.7 Å². The van der Waals surface area contributed by atoms with Crippen molar-refractivity contribution >= 4 is 37.9 Å². The number of anilines is 2. The van der Waals surface area contributed by atoms with Crippen molar-refractivity contribution in [1.82, 2.24) is 19.8 Å². The van der Waals surface area contributed by atoms with Crippen LogP contribution >= 0.6 is 0 Å². The van der Waals surface area contributed by atoms with Gasteiger partial charge < -0.3 is 10.1 Å². The van der Waals surface area contributed by atoms with Crippen molar-refractivity contribution < 1.29 is 13.2 Å². The Labute approximate surface area is 203 Å². The van der Waals surface area contributed by atoms with E-state index in [-0.39, 0.29) is 21.0 Å². The van der Waals surface area contributed by atoms with Gasteiger partial charge in [-0.1, -0.05) is 62.4 Å². The highest BCUT2D eigenvalue weighted by atomic mass is 32.2. The van der Waals surface area contributed by atoms with Gasteiger partial charge in [0.1, 0.15) is 11.6 Å². The lowest BCUT2D eigenvalue weighted by Gasteiger charge is -2.19. The molecule has 0 radical (unpaired) electrons. The molecule has 0 bridgehead atoms. The van der Waals surface area contributed by atoms with Gasteiger partial charge in [0.05, 0.1) is 23.2 Å². The molecule has 2 aromatic heterocycles. The molecule has 0 aliphatic carbocycles. The van der Waals surface area contributed by atoms with Crippen molar-refractivity contribution in [2.75, 3.05) is 12.4 Å². The number of ether oxygens (including phenoxy) is 1. The lowest BCUT2D eigenvalue weighted by molar-refractivity contribution is 0.417. The highest BCUT2D eigenvalue weighted by molar-refractivity contribution is 7.91. The van der Waals surface area contributed by atoms with Gasteiger partial charge in [0.15, 0.2) is 5.65 Å². The van der Waals surface area contributed by atoms with Crippen LogP contribution in [0.2, 0.25) is 0 Å². The minimum Gasteiger partial charge on any atom is -0.495 e. The summed E-state index contributed by atoms with van der Waals surface area (Å²) in [6, 6.07) is 21.8. The van der Waals surface area contributed by atoms with Crippen molar-refractivity contribution in [3.05, 3.63) is 78.4 Å². The zero-order chi connectivity index (χ0) is 24.8. The van der Waals surface area contributed by atoms with Gasteiger partial charge in [-0.3, -0.25) is 0 Å². The summed E-state index contributed by atoms with van der Waals surface area (Å²) in [6.45, 7) is 6.23. The van der Waals surface area contributed by atoms with Gasteiger partial charge in [0.25, 0.3) is 0 Å². The molecule has 2 heterocycles. The molecule has 0 aliphatic heterocycles. The fourth-order valence-electron chi connectivity index (χ4n) is 3.94. The Balaban J connectivity index is 1.68. The zero-order valence-corrected chi connectivity index (χ0v) is 20.7. The number of methoxy groups -OCH3 is 1. The number of para-hydroxylation sites is 3. The first kappa shape index (κ1) is 22.8. The van der Waals surface area contributed by atoms with Crippen LogP contribution < -0.4 is 10.1 Å². The van der Waals surface area contributed by atoms with E-state index >= 15 is 0 Å². The average Bonchev–Trinajstić information content (AvgIpc) is 3.29. The number of rotatable bonds is 5. The maximum atomic E-state index is 13.6. The first-order valence-electron chi connectivity index (χ1n) is 11.1. The molecular weight excluding hydrogens is 462 g/mol. The quantitative estimate of drug-likeness (QED) is 0.366. The topological polar surface area (TPSA) is 98.5 Å². The van der Waals surface area contributed by atoms with Crippen molar-refractivity contribution in [2.45, 2.75) is 36.1 Å². The number of hydrogen-bond acceptors (Lipinski definition) is 7. The summed E-state index contributed by atoms with van der Waals surface area (Å²) in [7, 11) is -2.38. The molecule has 0 fully saturated rings. The third kappa shape index (κ3) is 3.97. The predicted molar refractivity (Wildman–Crippen MR) is 135 cm³/mol. The summed E-state index contributed by atoms with van der Waals surface area (Å²) in [4.78, 5) is 4.82.